The summed E-state index contributed by atoms with van der Waals surface area (Å²) in [6, 6.07) is 6.57. The first-order valence-electron chi connectivity index (χ1n) is 8.76. The number of carbonyl (C=O) groups is 1. The van der Waals surface area contributed by atoms with E-state index in [0.29, 0.717) is 5.56 Å². The number of hydrogen-bond donors (Lipinski definition) is 2. The molecule has 2 N–H and O–H groups in total. The molecule has 2 aromatic heterocycles. The van der Waals surface area contributed by atoms with Gasteiger partial charge in [0, 0.05) is 37.5 Å². The fourth-order valence-corrected chi connectivity index (χ4v) is 3.03. The SMILES string of the molecule is CC(NC(=O)CC(O)(c1nccn1C)C(F)(F)F)c1ccc(-n2ccnc2)cc1. The summed E-state index contributed by atoms with van der Waals surface area (Å²) in [6.45, 7) is 1.65. The number of rotatable bonds is 6. The second kappa shape index (κ2) is 7.70. The van der Waals surface area contributed by atoms with E-state index in [9.17, 15) is 23.1 Å². The lowest BCUT2D eigenvalue weighted by Gasteiger charge is -2.29. The van der Waals surface area contributed by atoms with E-state index in [2.05, 4.69) is 15.3 Å². The Morgan fingerprint density at radius 1 is 1.21 bits per heavy atom. The first kappa shape index (κ1) is 20.6. The fourth-order valence-electron chi connectivity index (χ4n) is 3.03. The maximum atomic E-state index is 13.6. The number of hydrogen-bond acceptors (Lipinski definition) is 4. The molecule has 0 saturated carbocycles. The molecule has 2 unspecified atom stereocenters. The number of aromatic nitrogens is 4. The number of carbonyl (C=O) groups excluding carboxylic acids is 1. The van der Waals surface area contributed by atoms with Crippen molar-refractivity contribution in [3.05, 3.63) is 66.8 Å². The van der Waals surface area contributed by atoms with Crippen molar-refractivity contribution in [2.45, 2.75) is 31.2 Å². The number of halogens is 3. The van der Waals surface area contributed by atoms with Crippen molar-refractivity contribution in [1.29, 1.82) is 0 Å². The minimum absolute atomic E-state index is 0.557. The minimum atomic E-state index is -5.07. The molecule has 0 saturated heterocycles. The Morgan fingerprint density at radius 2 is 1.90 bits per heavy atom. The van der Waals surface area contributed by atoms with Crippen LogP contribution in [-0.2, 0) is 17.4 Å². The second-order valence-corrected chi connectivity index (χ2v) is 6.75. The largest absolute Gasteiger partial charge is 0.425 e. The standard InChI is InChI=1S/C19H20F3N5O2/c1-13(14-3-5-15(6-4-14)27-10-7-23-12-27)25-16(28)11-18(29,19(20,21)22)17-24-8-9-26(17)2/h3-10,12-13,29H,11H2,1-2H3,(H,25,28). The van der Waals surface area contributed by atoms with Crippen molar-refractivity contribution < 1.29 is 23.1 Å². The Hall–Kier alpha value is -3.14. The molecule has 0 bridgehead atoms. The third-order valence-electron chi connectivity index (χ3n) is 4.65. The Labute approximate surface area is 164 Å². The molecule has 1 aromatic carbocycles. The van der Waals surface area contributed by atoms with Crippen LogP contribution in [-0.4, -0.2) is 36.3 Å². The molecular formula is C19H20F3N5O2. The van der Waals surface area contributed by atoms with E-state index < -0.39 is 36.0 Å². The van der Waals surface area contributed by atoms with Gasteiger partial charge < -0.3 is 19.6 Å². The van der Waals surface area contributed by atoms with Crippen LogP contribution in [0.1, 0.15) is 30.8 Å². The van der Waals surface area contributed by atoms with Gasteiger partial charge in [-0.05, 0) is 24.6 Å². The average molecular weight is 407 g/mol. The zero-order chi connectivity index (χ0) is 21.2. The molecule has 0 radical (unpaired) electrons. The highest BCUT2D eigenvalue weighted by atomic mass is 19.4. The normalized spacial score (nSPS) is 15.0. The van der Waals surface area contributed by atoms with Gasteiger partial charge in [-0.25, -0.2) is 9.97 Å². The quantitative estimate of drug-likeness (QED) is 0.658. The van der Waals surface area contributed by atoms with Gasteiger partial charge in [-0.1, -0.05) is 12.1 Å². The van der Waals surface area contributed by atoms with Crippen LogP contribution in [0.5, 0.6) is 0 Å². The van der Waals surface area contributed by atoms with Crippen LogP contribution in [0.15, 0.2) is 55.4 Å². The van der Waals surface area contributed by atoms with Crippen LogP contribution in [0.25, 0.3) is 5.69 Å². The predicted molar refractivity (Wildman–Crippen MR) is 97.9 cm³/mol. The smallest absolute Gasteiger partial charge is 0.374 e. The lowest BCUT2D eigenvalue weighted by Crippen LogP contribution is -2.48. The molecule has 7 nitrogen and oxygen atoms in total. The molecule has 2 atom stereocenters. The molecule has 0 fully saturated rings. The van der Waals surface area contributed by atoms with Crippen molar-refractivity contribution in [2.75, 3.05) is 0 Å². The van der Waals surface area contributed by atoms with E-state index in [1.165, 1.54) is 13.2 Å². The van der Waals surface area contributed by atoms with Gasteiger partial charge in [-0.15, -0.1) is 0 Å². The first-order chi connectivity index (χ1) is 13.6. The van der Waals surface area contributed by atoms with Gasteiger partial charge in [0.05, 0.1) is 18.8 Å². The topological polar surface area (TPSA) is 85.0 Å². The lowest BCUT2D eigenvalue weighted by atomic mass is 9.96. The monoisotopic (exact) mass is 407 g/mol. The molecule has 0 aliphatic heterocycles. The molecule has 10 heteroatoms. The predicted octanol–water partition coefficient (Wildman–Crippen LogP) is 2.62. The summed E-state index contributed by atoms with van der Waals surface area (Å²) in [7, 11) is 1.32. The van der Waals surface area contributed by atoms with Gasteiger partial charge in [0.15, 0.2) is 5.82 Å². The van der Waals surface area contributed by atoms with Crippen molar-refractivity contribution in [1.82, 2.24) is 24.4 Å². The Bertz CT molecular complexity index is 967. The highest BCUT2D eigenvalue weighted by Gasteiger charge is 2.58. The van der Waals surface area contributed by atoms with E-state index in [1.54, 1.807) is 54.5 Å². The maximum Gasteiger partial charge on any atom is 0.425 e. The van der Waals surface area contributed by atoms with E-state index in [1.807, 2.05) is 0 Å². The minimum Gasteiger partial charge on any atom is -0.374 e. The van der Waals surface area contributed by atoms with E-state index in [4.69, 9.17) is 0 Å². The number of imidazole rings is 2. The van der Waals surface area contributed by atoms with Gasteiger partial charge in [-0.2, -0.15) is 13.2 Å². The van der Waals surface area contributed by atoms with Crippen LogP contribution in [0, 0.1) is 0 Å². The van der Waals surface area contributed by atoms with E-state index in [-0.39, 0.29) is 0 Å². The molecule has 1 amide bonds. The van der Waals surface area contributed by atoms with Crippen LogP contribution in [0.4, 0.5) is 13.2 Å². The molecule has 2 heterocycles. The van der Waals surface area contributed by atoms with Gasteiger partial charge in [0.2, 0.25) is 11.5 Å². The molecule has 154 valence electrons. The van der Waals surface area contributed by atoms with E-state index >= 15 is 0 Å². The van der Waals surface area contributed by atoms with Gasteiger partial charge in [-0.3, -0.25) is 4.79 Å². The van der Waals surface area contributed by atoms with Crippen molar-refractivity contribution in [3.63, 3.8) is 0 Å². The van der Waals surface area contributed by atoms with E-state index in [0.717, 1.165) is 16.5 Å². The van der Waals surface area contributed by atoms with Crippen LogP contribution < -0.4 is 5.32 Å². The zero-order valence-electron chi connectivity index (χ0n) is 15.8. The average Bonchev–Trinajstić information content (AvgIpc) is 3.32. The number of amides is 1. The summed E-state index contributed by atoms with van der Waals surface area (Å²) in [5.74, 6) is -1.59. The lowest BCUT2D eigenvalue weighted by molar-refractivity contribution is -0.271. The summed E-state index contributed by atoms with van der Waals surface area (Å²) in [5, 5.41) is 12.8. The van der Waals surface area contributed by atoms with Crippen LogP contribution in [0.3, 0.4) is 0 Å². The van der Waals surface area contributed by atoms with Gasteiger partial charge in [0.1, 0.15) is 0 Å². The molecular weight excluding hydrogens is 387 g/mol. The summed E-state index contributed by atoms with van der Waals surface area (Å²) >= 11 is 0. The number of nitrogens with one attached hydrogen (secondary N) is 1. The molecule has 0 spiro atoms. The van der Waals surface area contributed by atoms with Crippen molar-refractivity contribution >= 4 is 5.91 Å². The van der Waals surface area contributed by atoms with Crippen molar-refractivity contribution in [2.24, 2.45) is 7.05 Å². The van der Waals surface area contributed by atoms with Gasteiger partial charge >= 0.3 is 6.18 Å². The first-order valence-corrected chi connectivity index (χ1v) is 8.76. The van der Waals surface area contributed by atoms with Crippen LogP contribution in [0.2, 0.25) is 0 Å². The molecule has 3 aromatic rings. The Morgan fingerprint density at radius 3 is 2.41 bits per heavy atom. The zero-order valence-corrected chi connectivity index (χ0v) is 15.8. The number of benzene rings is 1. The Kier molecular flexibility index (Phi) is 5.47. The maximum absolute atomic E-state index is 13.6. The third kappa shape index (κ3) is 4.16. The fraction of sp³-hybridized carbons (Fsp3) is 0.316. The third-order valence-corrected chi connectivity index (χ3v) is 4.65. The summed E-state index contributed by atoms with van der Waals surface area (Å²) < 4.78 is 43.5. The summed E-state index contributed by atoms with van der Waals surface area (Å²) in [5.41, 5.74) is -1.83. The molecule has 0 aliphatic carbocycles. The Balaban J connectivity index is 1.72. The molecule has 3 rings (SSSR count). The molecule has 0 aliphatic rings. The highest BCUT2D eigenvalue weighted by molar-refractivity contribution is 5.77. The van der Waals surface area contributed by atoms with Crippen molar-refractivity contribution in [3.8, 4) is 5.69 Å². The number of aryl methyl sites for hydroxylation is 1. The summed E-state index contributed by atoms with van der Waals surface area (Å²) in [6.07, 6.45) is 1.19. The number of aliphatic hydroxyl groups is 1. The van der Waals surface area contributed by atoms with Crippen LogP contribution >= 0.6 is 0 Å². The number of alkyl halides is 3. The number of nitrogens with zero attached hydrogens (tertiary/aromatic N) is 4. The highest BCUT2D eigenvalue weighted by Crippen LogP contribution is 2.40. The van der Waals surface area contributed by atoms with Gasteiger partial charge in [0.25, 0.3) is 0 Å². The molecule has 29 heavy (non-hydrogen) atoms. The second-order valence-electron chi connectivity index (χ2n) is 6.75. The summed E-state index contributed by atoms with van der Waals surface area (Å²) in [4.78, 5) is 19.9.